The second-order valence-electron chi connectivity index (χ2n) is 4.50. The van der Waals surface area contributed by atoms with Crippen molar-refractivity contribution in [2.24, 2.45) is 0 Å². The van der Waals surface area contributed by atoms with Crippen LogP contribution in [0.1, 0.15) is 6.42 Å². The lowest BCUT2D eigenvalue weighted by Gasteiger charge is -2.12. The Morgan fingerprint density at radius 2 is 2.38 bits per heavy atom. The summed E-state index contributed by atoms with van der Waals surface area (Å²) in [4.78, 5) is 21.9. The summed E-state index contributed by atoms with van der Waals surface area (Å²) in [7, 11) is 0. The van der Waals surface area contributed by atoms with Gasteiger partial charge in [-0.2, -0.15) is 9.37 Å². The second kappa shape index (κ2) is 5.79. The van der Waals surface area contributed by atoms with E-state index >= 15 is 0 Å². The Balaban J connectivity index is 1.98. The molecule has 1 fully saturated rings. The lowest BCUT2D eigenvalue weighted by Crippen LogP contribution is -2.20. The zero-order chi connectivity index (χ0) is 14.8. The third-order valence-corrected chi connectivity index (χ3v) is 3.33. The number of aromatic nitrogens is 3. The van der Waals surface area contributed by atoms with E-state index in [2.05, 4.69) is 15.0 Å². The van der Waals surface area contributed by atoms with Crippen LogP contribution in [0.25, 0.3) is 11.4 Å². The molecule has 0 bridgehead atoms. The first-order chi connectivity index (χ1) is 10.1. The first-order valence-electron chi connectivity index (χ1n) is 6.29. The van der Waals surface area contributed by atoms with E-state index in [4.69, 9.17) is 21.1 Å². The molecule has 1 unspecified atom stereocenters. The summed E-state index contributed by atoms with van der Waals surface area (Å²) >= 11 is 5.90. The summed E-state index contributed by atoms with van der Waals surface area (Å²) in [6.07, 6.45) is 1.79. The fourth-order valence-electron chi connectivity index (χ4n) is 1.97. The van der Waals surface area contributed by atoms with Gasteiger partial charge in [-0.1, -0.05) is 11.6 Å². The van der Waals surface area contributed by atoms with Crippen LogP contribution in [0, 0.1) is 5.95 Å². The number of pyridine rings is 1. The molecule has 2 aromatic rings. The smallest absolute Gasteiger partial charge is 0.273 e. The number of rotatable bonds is 3. The fourth-order valence-corrected chi connectivity index (χ4v) is 2.10. The van der Waals surface area contributed by atoms with Crippen LogP contribution < -0.4 is 10.3 Å². The van der Waals surface area contributed by atoms with Crippen molar-refractivity contribution < 1.29 is 13.9 Å². The molecular formula is C13H11ClFN3O3. The van der Waals surface area contributed by atoms with E-state index in [1.807, 2.05) is 0 Å². The van der Waals surface area contributed by atoms with Crippen LogP contribution in [0.5, 0.6) is 5.88 Å². The van der Waals surface area contributed by atoms with Gasteiger partial charge in [-0.05, 0) is 6.07 Å². The number of aromatic amines is 1. The molecule has 1 N–H and O–H groups in total. The van der Waals surface area contributed by atoms with Gasteiger partial charge in [-0.3, -0.25) is 4.79 Å². The highest BCUT2D eigenvalue weighted by molar-refractivity contribution is 6.31. The normalized spacial score (nSPS) is 17.9. The van der Waals surface area contributed by atoms with Crippen LogP contribution >= 0.6 is 11.6 Å². The van der Waals surface area contributed by atoms with Gasteiger partial charge in [0.05, 0.1) is 13.2 Å². The molecule has 2 aromatic heterocycles. The Morgan fingerprint density at radius 3 is 3.10 bits per heavy atom. The minimum absolute atomic E-state index is 0.0168. The molecule has 1 aliphatic rings. The number of H-pyrrole nitrogens is 1. The molecule has 3 heterocycles. The molecule has 0 radical (unpaired) electrons. The molecule has 1 aliphatic heterocycles. The fraction of sp³-hybridized carbons (Fsp3) is 0.308. The first kappa shape index (κ1) is 14.0. The van der Waals surface area contributed by atoms with E-state index in [0.717, 1.165) is 6.07 Å². The molecule has 0 aromatic carbocycles. The maximum absolute atomic E-state index is 13.2. The monoisotopic (exact) mass is 311 g/mol. The molecule has 3 rings (SSSR count). The molecule has 1 saturated heterocycles. The Labute approximate surface area is 123 Å². The minimum Gasteiger partial charge on any atom is -0.471 e. The SMILES string of the molecule is O=c1[nH]c(-c2ccnc(F)c2)nc(OC2CCOC2)c1Cl. The van der Waals surface area contributed by atoms with E-state index in [-0.39, 0.29) is 22.8 Å². The summed E-state index contributed by atoms with van der Waals surface area (Å²) in [5, 5.41) is -0.139. The lowest BCUT2D eigenvalue weighted by atomic mass is 10.2. The van der Waals surface area contributed by atoms with Crippen LogP contribution in [-0.4, -0.2) is 34.3 Å². The van der Waals surface area contributed by atoms with Crippen LogP contribution in [-0.2, 0) is 4.74 Å². The average molecular weight is 312 g/mol. The standard InChI is InChI=1S/C13H11ClFN3O3/c14-10-12(19)17-11(7-1-3-16-9(15)5-7)18-13(10)21-8-2-4-20-6-8/h1,3,5,8H,2,4,6H2,(H,17,18,19). The predicted molar refractivity (Wildman–Crippen MR) is 72.9 cm³/mol. The first-order valence-corrected chi connectivity index (χ1v) is 6.67. The third kappa shape index (κ3) is 3.03. The Kier molecular flexibility index (Phi) is 3.85. The van der Waals surface area contributed by atoms with E-state index < -0.39 is 11.5 Å². The van der Waals surface area contributed by atoms with Crippen molar-refractivity contribution >= 4 is 11.6 Å². The molecular weight excluding hydrogens is 301 g/mol. The van der Waals surface area contributed by atoms with Crippen LogP contribution in [0.2, 0.25) is 5.02 Å². The van der Waals surface area contributed by atoms with E-state index in [0.29, 0.717) is 25.2 Å². The van der Waals surface area contributed by atoms with Crippen molar-refractivity contribution in [2.75, 3.05) is 13.2 Å². The van der Waals surface area contributed by atoms with Crippen molar-refractivity contribution in [3.8, 4) is 17.3 Å². The number of halogens is 2. The number of hydrogen-bond acceptors (Lipinski definition) is 5. The zero-order valence-corrected chi connectivity index (χ0v) is 11.6. The van der Waals surface area contributed by atoms with Crippen LogP contribution in [0.4, 0.5) is 4.39 Å². The number of ether oxygens (including phenoxy) is 2. The molecule has 8 heteroatoms. The summed E-state index contributed by atoms with van der Waals surface area (Å²) in [5.74, 6) is -0.487. The van der Waals surface area contributed by atoms with Gasteiger partial charge in [0, 0.05) is 24.2 Å². The highest BCUT2D eigenvalue weighted by Crippen LogP contribution is 2.24. The average Bonchev–Trinajstić information content (AvgIpc) is 2.96. The number of nitrogens with one attached hydrogen (secondary N) is 1. The van der Waals surface area contributed by atoms with Gasteiger partial charge in [0.15, 0.2) is 5.02 Å². The Morgan fingerprint density at radius 1 is 1.52 bits per heavy atom. The van der Waals surface area contributed by atoms with Gasteiger partial charge in [0.1, 0.15) is 11.9 Å². The van der Waals surface area contributed by atoms with Crippen molar-refractivity contribution in [2.45, 2.75) is 12.5 Å². The molecule has 0 saturated carbocycles. The third-order valence-electron chi connectivity index (χ3n) is 3.00. The molecule has 6 nitrogen and oxygen atoms in total. The van der Waals surface area contributed by atoms with Gasteiger partial charge in [-0.15, -0.1) is 0 Å². The quantitative estimate of drug-likeness (QED) is 0.875. The van der Waals surface area contributed by atoms with Crippen molar-refractivity contribution in [1.82, 2.24) is 15.0 Å². The van der Waals surface area contributed by atoms with Crippen molar-refractivity contribution in [1.29, 1.82) is 0 Å². The molecule has 0 spiro atoms. The molecule has 0 amide bonds. The molecule has 1 atom stereocenters. The lowest BCUT2D eigenvalue weighted by molar-refractivity contribution is 0.138. The van der Waals surface area contributed by atoms with E-state index in [9.17, 15) is 9.18 Å². The second-order valence-corrected chi connectivity index (χ2v) is 4.88. The summed E-state index contributed by atoms with van der Waals surface area (Å²) in [6.45, 7) is 1.01. The van der Waals surface area contributed by atoms with E-state index in [1.54, 1.807) is 0 Å². The van der Waals surface area contributed by atoms with Crippen molar-refractivity contribution in [3.63, 3.8) is 0 Å². The molecule has 21 heavy (non-hydrogen) atoms. The minimum atomic E-state index is -0.670. The van der Waals surface area contributed by atoms with Gasteiger partial charge in [0.2, 0.25) is 11.8 Å². The largest absolute Gasteiger partial charge is 0.471 e. The topological polar surface area (TPSA) is 77.1 Å². The van der Waals surface area contributed by atoms with Gasteiger partial charge in [0.25, 0.3) is 5.56 Å². The number of hydrogen-bond donors (Lipinski definition) is 1. The van der Waals surface area contributed by atoms with Crippen LogP contribution in [0.15, 0.2) is 23.1 Å². The van der Waals surface area contributed by atoms with Gasteiger partial charge < -0.3 is 14.5 Å². The number of nitrogens with zero attached hydrogens (tertiary/aromatic N) is 2. The zero-order valence-electron chi connectivity index (χ0n) is 10.8. The Hall–Kier alpha value is -1.99. The summed E-state index contributed by atoms with van der Waals surface area (Å²) in [6, 6.07) is 2.69. The van der Waals surface area contributed by atoms with Crippen LogP contribution in [0.3, 0.4) is 0 Å². The summed E-state index contributed by atoms with van der Waals surface area (Å²) in [5.41, 5.74) is -0.170. The molecule has 0 aliphatic carbocycles. The van der Waals surface area contributed by atoms with Gasteiger partial charge >= 0.3 is 0 Å². The van der Waals surface area contributed by atoms with Gasteiger partial charge in [-0.25, -0.2) is 4.98 Å². The van der Waals surface area contributed by atoms with E-state index in [1.165, 1.54) is 12.3 Å². The maximum atomic E-state index is 13.2. The maximum Gasteiger partial charge on any atom is 0.273 e. The highest BCUT2D eigenvalue weighted by atomic mass is 35.5. The summed E-state index contributed by atoms with van der Waals surface area (Å²) < 4.78 is 23.9. The molecule has 110 valence electrons. The highest BCUT2D eigenvalue weighted by Gasteiger charge is 2.21. The Bertz CT molecular complexity index is 716. The van der Waals surface area contributed by atoms with Crippen molar-refractivity contribution in [3.05, 3.63) is 39.7 Å². The predicted octanol–water partition coefficient (Wildman–Crippen LogP) is 1.79.